The SMILES string of the molecule is C=CCC[C@@H](C)C(=O)NC[C@@]12C[C@@H](C(=O)Nc3nc(C(F)(F)F)ccc3C)N(C(=O)Cn3nc(C(C)=O)c4cc(-c5cnc(C)nc5)cc(CC=C)c43)[C@@H]1C2. The third-order valence-electron chi connectivity index (χ3n) is 10.5. The number of nitrogens with one attached hydrogen (secondary N) is 2. The number of Topliss-reactive ketones (excluding diaryl/α,β-unsaturated/α-hetero) is 1. The number of aromatic nitrogens is 5. The van der Waals surface area contributed by atoms with E-state index in [0.717, 1.165) is 22.8 Å². The number of benzene rings is 1. The number of rotatable bonds is 14. The van der Waals surface area contributed by atoms with E-state index < -0.39 is 41.2 Å². The maximum atomic E-state index is 14.5. The van der Waals surface area contributed by atoms with Gasteiger partial charge < -0.3 is 15.5 Å². The Balaban J connectivity index is 1.34. The molecule has 1 aliphatic heterocycles. The molecule has 6 rings (SSSR count). The molecule has 3 aromatic heterocycles. The molecule has 2 aliphatic rings. The van der Waals surface area contributed by atoms with E-state index in [0.29, 0.717) is 48.0 Å². The Bertz CT molecular complexity index is 2200. The topological polar surface area (TPSA) is 152 Å². The van der Waals surface area contributed by atoms with Gasteiger partial charge in [0.25, 0.3) is 0 Å². The maximum Gasteiger partial charge on any atom is 0.433 e. The van der Waals surface area contributed by atoms with E-state index in [-0.39, 0.29) is 48.6 Å². The molecule has 2 fully saturated rings. The summed E-state index contributed by atoms with van der Waals surface area (Å²) in [6, 6.07) is 4.24. The molecule has 15 heteroatoms. The monoisotopic (exact) mass is 756 g/mol. The van der Waals surface area contributed by atoms with Crippen LogP contribution in [-0.2, 0) is 33.5 Å². The van der Waals surface area contributed by atoms with Crippen molar-refractivity contribution in [2.45, 2.75) is 84.6 Å². The van der Waals surface area contributed by atoms with Crippen molar-refractivity contribution in [3.05, 3.63) is 90.3 Å². The van der Waals surface area contributed by atoms with Crippen molar-refractivity contribution < 1.29 is 32.3 Å². The van der Waals surface area contributed by atoms with E-state index in [1.54, 1.807) is 31.5 Å². The second-order valence-corrected chi connectivity index (χ2v) is 14.5. The van der Waals surface area contributed by atoms with Gasteiger partial charge in [-0.05, 0) is 80.8 Å². The van der Waals surface area contributed by atoms with Crippen molar-refractivity contribution >= 4 is 40.2 Å². The number of carbonyl (C=O) groups is 4. The standard InChI is InChI=1S/C40H43F3N8O4/c1-7-9-11-23(4)37(54)46-21-39-16-30(38(55)48-36-22(3)12-13-31(47-36)40(41,42)43)51(32(39)17-39)33(53)20-50-35-26(10-8-2)14-27(28-18-44-25(6)45-19-28)15-29(35)34(49-50)24(5)52/h7-8,12-15,18-19,23,30,32H,1-2,9-11,16-17,20-21H2,3-6H3,(H,46,54)(H,47,48,55)/t23-,30+,32-,39+/m1/s1. The first-order valence-electron chi connectivity index (χ1n) is 18.1. The Morgan fingerprint density at radius 2 is 1.78 bits per heavy atom. The summed E-state index contributed by atoms with van der Waals surface area (Å²) in [7, 11) is 0. The van der Waals surface area contributed by atoms with Crippen LogP contribution in [0.15, 0.2) is 62.0 Å². The number of fused-ring (bicyclic) bond motifs is 2. The molecule has 0 bridgehead atoms. The number of halogens is 3. The Labute approximate surface area is 316 Å². The molecular formula is C40H43F3N8O4. The van der Waals surface area contributed by atoms with Gasteiger partial charge in [0.05, 0.1) is 5.52 Å². The summed E-state index contributed by atoms with van der Waals surface area (Å²) in [5.41, 5.74) is 1.42. The van der Waals surface area contributed by atoms with Gasteiger partial charge in [0.1, 0.15) is 35.6 Å². The van der Waals surface area contributed by atoms with Crippen LogP contribution in [0.25, 0.3) is 22.0 Å². The van der Waals surface area contributed by atoms with Crippen molar-refractivity contribution in [3.8, 4) is 11.1 Å². The van der Waals surface area contributed by atoms with Gasteiger partial charge >= 0.3 is 6.18 Å². The average Bonchev–Trinajstić information content (AvgIpc) is 3.55. The number of anilines is 1. The van der Waals surface area contributed by atoms with Gasteiger partial charge in [-0.3, -0.25) is 23.9 Å². The predicted molar refractivity (Wildman–Crippen MR) is 200 cm³/mol. The molecule has 3 amide bonds. The fourth-order valence-electron chi connectivity index (χ4n) is 7.43. The van der Waals surface area contributed by atoms with Gasteiger partial charge in [-0.25, -0.2) is 15.0 Å². The van der Waals surface area contributed by atoms with E-state index in [1.807, 2.05) is 19.1 Å². The van der Waals surface area contributed by atoms with Gasteiger partial charge in [0, 0.05) is 54.2 Å². The van der Waals surface area contributed by atoms with E-state index in [9.17, 15) is 32.3 Å². The lowest BCUT2D eigenvalue weighted by Gasteiger charge is -2.27. The number of carbonyl (C=O) groups excluding carboxylic acids is 4. The Morgan fingerprint density at radius 1 is 1.05 bits per heavy atom. The second kappa shape index (κ2) is 15.2. The van der Waals surface area contributed by atoms with Crippen LogP contribution in [0.2, 0.25) is 0 Å². The fraction of sp³-hybridized carbons (Fsp3) is 0.400. The number of aryl methyl sites for hydroxylation is 2. The number of allylic oxidation sites excluding steroid dienone is 2. The van der Waals surface area contributed by atoms with Crippen LogP contribution in [0.4, 0.5) is 19.0 Å². The van der Waals surface area contributed by atoms with Crippen LogP contribution in [0, 0.1) is 25.2 Å². The molecule has 4 heterocycles. The fourth-order valence-corrected chi connectivity index (χ4v) is 7.43. The summed E-state index contributed by atoms with van der Waals surface area (Å²) in [6.45, 7) is 14.0. The molecule has 55 heavy (non-hydrogen) atoms. The molecule has 12 nitrogen and oxygen atoms in total. The summed E-state index contributed by atoms with van der Waals surface area (Å²) >= 11 is 0. The van der Waals surface area contributed by atoms with Crippen molar-refractivity contribution in [1.82, 2.24) is 34.9 Å². The minimum Gasteiger partial charge on any atom is -0.355 e. The highest BCUT2D eigenvalue weighted by Gasteiger charge is 2.67. The summed E-state index contributed by atoms with van der Waals surface area (Å²) in [6.07, 6.45) is 4.40. The Morgan fingerprint density at radius 3 is 2.44 bits per heavy atom. The molecule has 1 aliphatic carbocycles. The molecule has 1 saturated carbocycles. The Kier molecular flexibility index (Phi) is 10.8. The number of amides is 3. The molecular weight excluding hydrogens is 713 g/mol. The first-order valence-corrected chi connectivity index (χ1v) is 18.1. The molecule has 1 saturated heterocycles. The van der Waals surface area contributed by atoms with E-state index in [2.05, 4.69) is 43.8 Å². The van der Waals surface area contributed by atoms with E-state index >= 15 is 0 Å². The normalized spacial score (nSPS) is 19.4. The van der Waals surface area contributed by atoms with Gasteiger partial charge in [0.15, 0.2) is 5.78 Å². The van der Waals surface area contributed by atoms with Gasteiger partial charge in [-0.15, -0.1) is 13.2 Å². The number of hydrogen-bond acceptors (Lipinski definition) is 8. The molecule has 2 N–H and O–H groups in total. The van der Waals surface area contributed by atoms with Crippen molar-refractivity contribution in [2.24, 2.45) is 11.3 Å². The minimum atomic E-state index is -4.74. The number of hydrogen-bond donors (Lipinski definition) is 2. The minimum absolute atomic E-state index is 0.152. The zero-order chi connectivity index (χ0) is 39.8. The lowest BCUT2D eigenvalue weighted by Crippen LogP contribution is -2.47. The van der Waals surface area contributed by atoms with E-state index in [4.69, 9.17) is 0 Å². The summed E-state index contributed by atoms with van der Waals surface area (Å²) in [5.74, 6) is -1.62. The van der Waals surface area contributed by atoms with Gasteiger partial charge in [0.2, 0.25) is 17.7 Å². The molecule has 0 spiro atoms. The van der Waals surface area contributed by atoms with E-state index in [1.165, 1.54) is 29.5 Å². The number of ketones is 1. The van der Waals surface area contributed by atoms with Crippen LogP contribution in [-0.4, -0.2) is 71.8 Å². The number of piperidine rings is 1. The Hall–Kier alpha value is -5.73. The summed E-state index contributed by atoms with van der Waals surface area (Å²) < 4.78 is 42.1. The number of nitrogens with zero attached hydrogens (tertiary/aromatic N) is 6. The highest BCUT2D eigenvalue weighted by Crippen LogP contribution is 2.59. The van der Waals surface area contributed by atoms with Crippen LogP contribution < -0.4 is 10.6 Å². The smallest absolute Gasteiger partial charge is 0.355 e. The first kappa shape index (κ1) is 39.0. The summed E-state index contributed by atoms with van der Waals surface area (Å²) in [4.78, 5) is 68.1. The zero-order valence-corrected chi connectivity index (χ0v) is 31.2. The van der Waals surface area contributed by atoms with Gasteiger partial charge in [-0.1, -0.05) is 25.1 Å². The predicted octanol–water partition coefficient (Wildman–Crippen LogP) is 6.17. The number of alkyl halides is 3. The average molecular weight is 757 g/mol. The molecule has 4 atom stereocenters. The molecule has 0 unspecified atom stereocenters. The first-order chi connectivity index (χ1) is 26.1. The van der Waals surface area contributed by atoms with Crippen LogP contribution >= 0.6 is 0 Å². The third kappa shape index (κ3) is 7.91. The van der Waals surface area contributed by atoms with Gasteiger partial charge in [-0.2, -0.15) is 18.3 Å². The van der Waals surface area contributed by atoms with Crippen LogP contribution in [0.1, 0.15) is 72.7 Å². The zero-order valence-electron chi connectivity index (χ0n) is 31.2. The van der Waals surface area contributed by atoms with Crippen molar-refractivity contribution in [1.29, 1.82) is 0 Å². The molecule has 4 aromatic rings. The lowest BCUT2D eigenvalue weighted by atomic mass is 9.98. The molecule has 0 radical (unpaired) electrons. The largest absolute Gasteiger partial charge is 0.433 e. The number of pyridine rings is 1. The highest BCUT2D eigenvalue weighted by molar-refractivity contribution is 6.07. The third-order valence-corrected chi connectivity index (χ3v) is 10.5. The second-order valence-electron chi connectivity index (χ2n) is 14.5. The summed E-state index contributed by atoms with van der Waals surface area (Å²) in [5, 5.41) is 10.7. The number of likely N-dealkylation sites (tertiary alicyclic amines) is 1. The molecule has 288 valence electrons. The quantitative estimate of drug-likeness (QED) is 0.115. The van der Waals surface area contributed by atoms with Crippen LogP contribution in [0.3, 0.4) is 0 Å². The van der Waals surface area contributed by atoms with Crippen molar-refractivity contribution in [3.63, 3.8) is 0 Å². The highest BCUT2D eigenvalue weighted by atomic mass is 19.4. The van der Waals surface area contributed by atoms with Crippen molar-refractivity contribution in [2.75, 3.05) is 11.9 Å². The maximum absolute atomic E-state index is 14.5. The molecule has 1 aromatic carbocycles. The van der Waals surface area contributed by atoms with Crippen LogP contribution in [0.5, 0.6) is 0 Å². The lowest BCUT2D eigenvalue weighted by molar-refractivity contribution is -0.141.